The number of rotatable bonds is 4. The fourth-order valence-corrected chi connectivity index (χ4v) is 2.05. The van der Waals surface area contributed by atoms with Crippen molar-refractivity contribution in [2.75, 3.05) is 19.7 Å². The highest BCUT2D eigenvalue weighted by Gasteiger charge is 2.30. The number of carbonyl (C=O) groups is 2. The molecule has 16 heavy (non-hydrogen) atoms. The fraction of sp³-hybridized carbons (Fsp3) is 0.818. The van der Waals surface area contributed by atoms with E-state index in [-0.39, 0.29) is 24.5 Å². The summed E-state index contributed by atoms with van der Waals surface area (Å²) in [6.07, 6.45) is 1.22. The van der Waals surface area contributed by atoms with Crippen LogP contribution in [0.15, 0.2) is 0 Å². The van der Waals surface area contributed by atoms with Gasteiger partial charge in [0.2, 0.25) is 0 Å². The standard InChI is InChI=1S/C11H19NO4/c1-3-16-10(13)7-12-5-4-9(11(14)15)6-8(12)2/h8-9H,3-7H2,1-2H3,(H,14,15). The zero-order chi connectivity index (χ0) is 12.1. The van der Waals surface area contributed by atoms with Gasteiger partial charge in [0, 0.05) is 6.04 Å². The molecule has 0 aromatic rings. The Bertz CT molecular complexity index is 267. The zero-order valence-corrected chi connectivity index (χ0v) is 9.81. The number of likely N-dealkylation sites (tertiary alicyclic amines) is 1. The lowest BCUT2D eigenvalue weighted by Crippen LogP contribution is -2.45. The smallest absolute Gasteiger partial charge is 0.320 e. The molecular formula is C11H19NO4. The number of aliphatic carboxylic acids is 1. The molecule has 2 atom stereocenters. The maximum Gasteiger partial charge on any atom is 0.320 e. The molecule has 5 heteroatoms. The summed E-state index contributed by atoms with van der Waals surface area (Å²) in [5.41, 5.74) is 0. The van der Waals surface area contributed by atoms with E-state index in [9.17, 15) is 9.59 Å². The summed E-state index contributed by atoms with van der Waals surface area (Å²) in [5, 5.41) is 8.90. The number of ether oxygens (including phenoxy) is 1. The van der Waals surface area contributed by atoms with Crippen molar-refractivity contribution in [3.8, 4) is 0 Å². The summed E-state index contributed by atoms with van der Waals surface area (Å²) in [5.74, 6) is -1.24. The second-order valence-corrected chi connectivity index (χ2v) is 4.18. The molecule has 0 bridgehead atoms. The van der Waals surface area contributed by atoms with Gasteiger partial charge in [-0.3, -0.25) is 14.5 Å². The van der Waals surface area contributed by atoms with Crippen LogP contribution >= 0.6 is 0 Å². The lowest BCUT2D eigenvalue weighted by molar-refractivity contribution is -0.147. The SMILES string of the molecule is CCOC(=O)CN1CCC(C(=O)O)CC1C. The summed E-state index contributed by atoms with van der Waals surface area (Å²) in [4.78, 5) is 24.1. The van der Waals surface area contributed by atoms with E-state index in [1.54, 1.807) is 6.92 Å². The van der Waals surface area contributed by atoms with E-state index in [2.05, 4.69) is 0 Å². The summed E-state index contributed by atoms with van der Waals surface area (Å²) < 4.78 is 4.87. The van der Waals surface area contributed by atoms with E-state index < -0.39 is 5.97 Å². The highest BCUT2D eigenvalue weighted by atomic mass is 16.5. The maximum atomic E-state index is 11.3. The normalized spacial score (nSPS) is 26.4. The van der Waals surface area contributed by atoms with Gasteiger partial charge in [-0.2, -0.15) is 0 Å². The Hall–Kier alpha value is -1.10. The van der Waals surface area contributed by atoms with Crippen molar-refractivity contribution in [2.24, 2.45) is 5.92 Å². The van der Waals surface area contributed by atoms with Gasteiger partial charge in [-0.1, -0.05) is 0 Å². The lowest BCUT2D eigenvalue weighted by atomic mass is 9.92. The minimum Gasteiger partial charge on any atom is -0.481 e. The summed E-state index contributed by atoms with van der Waals surface area (Å²) in [6, 6.07) is 0.124. The molecule has 0 aromatic carbocycles. The number of hydrogen-bond donors (Lipinski definition) is 1. The van der Waals surface area contributed by atoms with Crippen molar-refractivity contribution in [2.45, 2.75) is 32.7 Å². The van der Waals surface area contributed by atoms with Crippen LogP contribution in [0.3, 0.4) is 0 Å². The Morgan fingerprint density at radius 2 is 2.19 bits per heavy atom. The summed E-state index contributed by atoms with van der Waals surface area (Å²) >= 11 is 0. The molecule has 5 nitrogen and oxygen atoms in total. The molecule has 0 radical (unpaired) electrons. The van der Waals surface area contributed by atoms with Gasteiger partial charge < -0.3 is 9.84 Å². The van der Waals surface area contributed by atoms with Gasteiger partial charge in [0.25, 0.3) is 0 Å². The Morgan fingerprint density at radius 1 is 1.50 bits per heavy atom. The number of carboxylic acids is 1. The third-order valence-electron chi connectivity index (χ3n) is 3.00. The average molecular weight is 229 g/mol. The number of hydrogen-bond acceptors (Lipinski definition) is 4. The summed E-state index contributed by atoms with van der Waals surface area (Å²) in [6.45, 7) is 5.03. The number of esters is 1. The number of carbonyl (C=O) groups excluding carboxylic acids is 1. The lowest BCUT2D eigenvalue weighted by Gasteiger charge is -2.35. The van der Waals surface area contributed by atoms with Crippen molar-refractivity contribution in [3.63, 3.8) is 0 Å². The minimum atomic E-state index is -0.734. The number of carboxylic acid groups (broad SMARTS) is 1. The molecule has 1 fully saturated rings. The molecule has 1 N–H and O–H groups in total. The molecule has 92 valence electrons. The monoisotopic (exact) mass is 229 g/mol. The first-order valence-electron chi connectivity index (χ1n) is 5.67. The van der Waals surface area contributed by atoms with Crippen LogP contribution in [0.1, 0.15) is 26.7 Å². The fourth-order valence-electron chi connectivity index (χ4n) is 2.05. The van der Waals surface area contributed by atoms with E-state index in [1.807, 2.05) is 11.8 Å². The van der Waals surface area contributed by atoms with Gasteiger partial charge in [-0.25, -0.2) is 0 Å². The van der Waals surface area contributed by atoms with Crippen molar-refractivity contribution in [1.29, 1.82) is 0 Å². The third kappa shape index (κ3) is 3.48. The second kappa shape index (κ2) is 5.84. The molecule has 0 amide bonds. The first kappa shape index (κ1) is 13.0. The van der Waals surface area contributed by atoms with Crippen LogP contribution in [0.25, 0.3) is 0 Å². The van der Waals surface area contributed by atoms with Crippen LogP contribution in [0, 0.1) is 5.92 Å². The van der Waals surface area contributed by atoms with Gasteiger partial charge in [0.1, 0.15) is 0 Å². The Labute approximate surface area is 95.4 Å². The highest BCUT2D eigenvalue weighted by Crippen LogP contribution is 2.22. The minimum absolute atomic E-state index is 0.124. The van der Waals surface area contributed by atoms with Crippen LogP contribution in [-0.4, -0.2) is 47.7 Å². The van der Waals surface area contributed by atoms with Crippen LogP contribution in [0.2, 0.25) is 0 Å². The van der Waals surface area contributed by atoms with Crippen LogP contribution in [-0.2, 0) is 14.3 Å². The maximum absolute atomic E-state index is 11.3. The molecule has 1 heterocycles. The third-order valence-corrected chi connectivity index (χ3v) is 3.00. The Balaban J connectivity index is 2.41. The highest BCUT2D eigenvalue weighted by molar-refractivity contribution is 5.72. The van der Waals surface area contributed by atoms with Crippen LogP contribution < -0.4 is 0 Å². The van der Waals surface area contributed by atoms with Crippen LogP contribution in [0.4, 0.5) is 0 Å². The predicted molar refractivity (Wildman–Crippen MR) is 58.0 cm³/mol. The van der Waals surface area contributed by atoms with Crippen LogP contribution in [0.5, 0.6) is 0 Å². The zero-order valence-electron chi connectivity index (χ0n) is 9.81. The Kier molecular flexibility index (Phi) is 4.73. The van der Waals surface area contributed by atoms with E-state index in [4.69, 9.17) is 9.84 Å². The number of piperidine rings is 1. The van der Waals surface area contributed by atoms with Gasteiger partial charge in [-0.15, -0.1) is 0 Å². The predicted octanol–water partition coefficient (Wildman–Crippen LogP) is 0.735. The number of nitrogens with zero attached hydrogens (tertiary/aromatic N) is 1. The Morgan fingerprint density at radius 3 is 2.69 bits per heavy atom. The first-order valence-corrected chi connectivity index (χ1v) is 5.67. The molecular weight excluding hydrogens is 210 g/mol. The van der Waals surface area contributed by atoms with E-state index in [1.165, 1.54) is 0 Å². The van der Waals surface area contributed by atoms with Gasteiger partial charge >= 0.3 is 11.9 Å². The quantitative estimate of drug-likeness (QED) is 0.720. The van der Waals surface area contributed by atoms with Gasteiger partial charge in [-0.05, 0) is 33.2 Å². The molecule has 0 aliphatic carbocycles. The van der Waals surface area contributed by atoms with Gasteiger partial charge in [0.05, 0.1) is 19.1 Å². The largest absolute Gasteiger partial charge is 0.481 e. The van der Waals surface area contributed by atoms with E-state index >= 15 is 0 Å². The molecule has 1 rings (SSSR count). The van der Waals surface area contributed by atoms with Crippen molar-refractivity contribution in [1.82, 2.24) is 4.90 Å². The van der Waals surface area contributed by atoms with Crippen molar-refractivity contribution >= 4 is 11.9 Å². The van der Waals surface area contributed by atoms with E-state index in [0.29, 0.717) is 26.0 Å². The topological polar surface area (TPSA) is 66.8 Å². The van der Waals surface area contributed by atoms with E-state index in [0.717, 1.165) is 0 Å². The molecule has 2 unspecified atom stereocenters. The molecule has 0 aromatic heterocycles. The second-order valence-electron chi connectivity index (χ2n) is 4.18. The summed E-state index contributed by atoms with van der Waals surface area (Å²) in [7, 11) is 0. The molecule has 1 saturated heterocycles. The molecule has 1 aliphatic rings. The molecule has 0 saturated carbocycles. The average Bonchev–Trinajstić information content (AvgIpc) is 2.21. The molecule has 1 aliphatic heterocycles. The van der Waals surface area contributed by atoms with Crippen molar-refractivity contribution in [3.05, 3.63) is 0 Å². The van der Waals surface area contributed by atoms with Crippen molar-refractivity contribution < 1.29 is 19.4 Å². The van der Waals surface area contributed by atoms with Gasteiger partial charge in [0.15, 0.2) is 0 Å². The molecule has 0 spiro atoms. The first-order chi connectivity index (χ1) is 7.54.